The van der Waals surface area contributed by atoms with Gasteiger partial charge >= 0.3 is 0 Å². The molecule has 0 saturated carbocycles. The number of anilines is 1. The van der Waals surface area contributed by atoms with Crippen LogP contribution in [-0.2, 0) is 0 Å². The standard InChI is InChI=1S/C11H18N4O2/c1-3-12-11(17)9-4-5-10(15-14-9)13-6-8(2)7-16/h4-5,8,16H,3,6-7H2,1-2H3,(H,12,17)(H,13,15). The summed E-state index contributed by atoms with van der Waals surface area (Å²) in [4.78, 5) is 11.4. The Balaban J connectivity index is 2.53. The zero-order valence-electron chi connectivity index (χ0n) is 10.1. The van der Waals surface area contributed by atoms with Crippen molar-refractivity contribution in [2.75, 3.05) is 25.0 Å². The fraction of sp³-hybridized carbons (Fsp3) is 0.545. The molecule has 0 aromatic carbocycles. The lowest BCUT2D eigenvalue weighted by atomic mass is 10.2. The Morgan fingerprint density at radius 2 is 2.24 bits per heavy atom. The van der Waals surface area contributed by atoms with E-state index in [-0.39, 0.29) is 18.4 Å². The first-order valence-electron chi connectivity index (χ1n) is 5.64. The molecule has 0 fully saturated rings. The third-order valence-corrected chi connectivity index (χ3v) is 2.18. The molecule has 94 valence electrons. The molecule has 1 aromatic rings. The number of nitrogens with zero attached hydrogens (tertiary/aromatic N) is 2. The maximum absolute atomic E-state index is 11.4. The summed E-state index contributed by atoms with van der Waals surface area (Å²) >= 11 is 0. The minimum absolute atomic E-state index is 0.122. The highest BCUT2D eigenvalue weighted by molar-refractivity contribution is 5.92. The van der Waals surface area contributed by atoms with E-state index in [1.54, 1.807) is 12.1 Å². The molecule has 0 aliphatic carbocycles. The van der Waals surface area contributed by atoms with E-state index in [1.807, 2.05) is 13.8 Å². The van der Waals surface area contributed by atoms with Crippen molar-refractivity contribution in [3.05, 3.63) is 17.8 Å². The second kappa shape index (κ2) is 6.80. The molecule has 0 aliphatic heterocycles. The van der Waals surface area contributed by atoms with Crippen molar-refractivity contribution < 1.29 is 9.90 Å². The smallest absolute Gasteiger partial charge is 0.271 e. The predicted molar refractivity (Wildman–Crippen MR) is 64.8 cm³/mol. The van der Waals surface area contributed by atoms with E-state index in [2.05, 4.69) is 20.8 Å². The van der Waals surface area contributed by atoms with Crippen LogP contribution in [-0.4, -0.2) is 40.9 Å². The van der Waals surface area contributed by atoms with Crippen molar-refractivity contribution in [3.63, 3.8) is 0 Å². The first-order valence-corrected chi connectivity index (χ1v) is 5.64. The van der Waals surface area contributed by atoms with Crippen LogP contribution in [0.5, 0.6) is 0 Å². The van der Waals surface area contributed by atoms with Crippen molar-refractivity contribution in [2.45, 2.75) is 13.8 Å². The molecule has 1 aromatic heterocycles. The fourth-order valence-corrected chi connectivity index (χ4v) is 1.14. The van der Waals surface area contributed by atoms with E-state index < -0.39 is 0 Å². The molecule has 0 saturated heterocycles. The predicted octanol–water partition coefficient (Wildman–Crippen LogP) is 0.267. The maximum Gasteiger partial charge on any atom is 0.271 e. The van der Waals surface area contributed by atoms with Gasteiger partial charge in [-0.3, -0.25) is 4.79 Å². The van der Waals surface area contributed by atoms with Gasteiger partial charge in [0.1, 0.15) is 5.82 Å². The number of rotatable bonds is 6. The van der Waals surface area contributed by atoms with Crippen molar-refractivity contribution in [1.29, 1.82) is 0 Å². The minimum Gasteiger partial charge on any atom is -0.396 e. The highest BCUT2D eigenvalue weighted by Crippen LogP contribution is 2.03. The van der Waals surface area contributed by atoms with Gasteiger partial charge in [0.15, 0.2) is 5.69 Å². The summed E-state index contributed by atoms with van der Waals surface area (Å²) in [5.74, 6) is 0.522. The molecule has 0 radical (unpaired) electrons. The monoisotopic (exact) mass is 238 g/mol. The van der Waals surface area contributed by atoms with Crippen LogP contribution in [0.1, 0.15) is 24.3 Å². The number of aromatic nitrogens is 2. The number of hydrogen-bond acceptors (Lipinski definition) is 5. The normalized spacial score (nSPS) is 11.9. The first-order chi connectivity index (χ1) is 8.17. The summed E-state index contributed by atoms with van der Waals surface area (Å²) in [5.41, 5.74) is 0.299. The fourth-order valence-electron chi connectivity index (χ4n) is 1.14. The van der Waals surface area contributed by atoms with Crippen LogP contribution in [0.4, 0.5) is 5.82 Å². The molecule has 1 amide bonds. The van der Waals surface area contributed by atoms with Gasteiger partial charge in [0.25, 0.3) is 5.91 Å². The van der Waals surface area contributed by atoms with Crippen LogP contribution in [0.2, 0.25) is 0 Å². The highest BCUT2D eigenvalue weighted by Gasteiger charge is 2.06. The SMILES string of the molecule is CCNC(=O)c1ccc(NCC(C)CO)nn1. The van der Waals surface area contributed by atoms with Crippen LogP contribution in [0.25, 0.3) is 0 Å². The maximum atomic E-state index is 11.4. The third kappa shape index (κ3) is 4.36. The second-order valence-corrected chi connectivity index (χ2v) is 3.83. The van der Waals surface area contributed by atoms with Crippen LogP contribution in [0.3, 0.4) is 0 Å². The van der Waals surface area contributed by atoms with Crippen LogP contribution < -0.4 is 10.6 Å². The third-order valence-electron chi connectivity index (χ3n) is 2.18. The molecule has 6 heteroatoms. The van der Waals surface area contributed by atoms with Crippen LogP contribution in [0, 0.1) is 5.92 Å². The topological polar surface area (TPSA) is 87.1 Å². The van der Waals surface area contributed by atoms with Gasteiger partial charge < -0.3 is 15.7 Å². The molecule has 1 unspecified atom stereocenters. The molecule has 1 heterocycles. The highest BCUT2D eigenvalue weighted by atomic mass is 16.3. The Kier molecular flexibility index (Phi) is 5.35. The molecule has 6 nitrogen and oxygen atoms in total. The van der Waals surface area contributed by atoms with Gasteiger partial charge in [-0.05, 0) is 25.0 Å². The average molecular weight is 238 g/mol. The number of nitrogens with one attached hydrogen (secondary N) is 2. The Morgan fingerprint density at radius 1 is 1.47 bits per heavy atom. The van der Waals surface area contributed by atoms with Gasteiger partial charge in [0, 0.05) is 19.7 Å². The van der Waals surface area contributed by atoms with Crippen LogP contribution in [0.15, 0.2) is 12.1 Å². The van der Waals surface area contributed by atoms with Crippen molar-refractivity contribution in [2.24, 2.45) is 5.92 Å². The lowest BCUT2D eigenvalue weighted by Crippen LogP contribution is -2.24. The lowest BCUT2D eigenvalue weighted by Gasteiger charge is -2.09. The van der Waals surface area contributed by atoms with Crippen LogP contribution >= 0.6 is 0 Å². The summed E-state index contributed by atoms with van der Waals surface area (Å²) in [6.45, 7) is 5.07. The molecule has 17 heavy (non-hydrogen) atoms. The van der Waals surface area contributed by atoms with Gasteiger partial charge in [0.2, 0.25) is 0 Å². The van der Waals surface area contributed by atoms with Gasteiger partial charge in [-0.1, -0.05) is 6.92 Å². The number of hydrogen-bond donors (Lipinski definition) is 3. The molecule has 0 bridgehead atoms. The van der Waals surface area contributed by atoms with Gasteiger partial charge in [-0.25, -0.2) is 0 Å². The Labute approximate surface area is 100 Å². The molecule has 1 atom stereocenters. The summed E-state index contributed by atoms with van der Waals surface area (Å²) in [7, 11) is 0. The van der Waals surface area contributed by atoms with Gasteiger partial charge in [-0.2, -0.15) is 0 Å². The number of carbonyl (C=O) groups excluding carboxylic acids is 1. The summed E-state index contributed by atoms with van der Waals surface area (Å²) in [5, 5.41) is 22.2. The van der Waals surface area contributed by atoms with E-state index >= 15 is 0 Å². The van der Waals surface area contributed by atoms with Gasteiger partial charge in [-0.15, -0.1) is 10.2 Å². The molecule has 3 N–H and O–H groups in total. The molecular weight excluding hydrogens is 220 g/mol. The molecular formula is C11H18N4O2. The largest absolute Gasteiger partial charge is 0.396 e. The number of amides is 1. The van der Waals surface area contributed by atoms with Crippen molar-refractivity contribution >= 4 is 11.7 Å². The Hall–Kier alpha value is -1.69. The summed E-state index contributed by atoms with van der Waals surface area (Å²) in [6, 6.07) is 3.31. The van der Waals surface area contributed by atoms with E-state index in [0.29, 0.717) is 24.6 Å². The van der Waals surface area contributed by atoms with Gasteiger partial charge in [0.05, 0.1) is 0 Å². The van der Waals surface area contributed by atoms with Crippen molar-refractivity contribution in [1.82, 2.24) is 15.5 Å². The van der Waals surface area contributed by atoms with E-state index in [4.69, 9.17) is 5.11 Å². The molecule has 1 rings (SSSR count). The Bertz CT molecular complexity index is 353. The number of aliphatic hydroxyl groups is 1. The Morgan fingerprint density at radius 3 is 2.76 bits per heavy atom. The number of aliphatic hydroxyl groups excluding tert-OH is 1. The van der Waals surface area contributed by atoms with E-state index in [1.165, 1.54) is 0 Å². The van der Waals surface area contributed by atoms with E-state index in [0.717, 1.165) is 0 Å². The lowest BCUT2D eigenvalue weighted by molar-refractivity contribution is 0.0950. The zero-order chi connectivity index (χ0) is 12.7. The zero-order valence-corrected chi connectivity index (χ0v) is 10.1. The second-order valence-electron chi connectivity index (χ2n) is 3.83. The minimum atomic E-state index is -0.227. The number of carbonyl (C=O) groups is 1. The first kappa shape index (κ1) is 13.4. The molecule has 0 spiro atoms. The van der Waals surface area contributed by atoms with E-state index in [9.17, 15) is 4.79 Å². The van der Waals surface area contributed by atoms with Crippen molar-refractivity contribution in [3.8, 4) is 0 Å². The quantitative estimate of drug-likeness (QED) is 0.662. The average Bonchev–Trinajstić information content (AvgIpc) is 2.36. The summed E-state index contributed by atoms with van der Waals surface area (Å²) in [6.07, 6.45) is 0. The summed E-state index contributed by atoms with van der Waals surface area (Å²) < 4.78 is 0. The molecule has 0 aliphatic rings.